The third-order valence-electron chi connectivity index (χ3n) is 3.46. The summed E-state index contributed by atoms with van der Waals surface area (Å²) in [6, 6.07) is 8.47. The summed E-state index contributed by atoms with van der Waals surface area (Å²) in [6.45, 7) is 2.48. The lowest BCUT2D eigenvalue weighted by Crippen LogP contribution is -2.32. The van der Waals surface area contributed by atoms with Crippen molar-refractivity contribution in [2.75, 3.05) is 20.8 Å². The fourth-order valence-corrected chi connectivity index (χ4v) is 2.25. The van der Waals surface area contributed by atoms with Crippen LogP contribution in [0.4, 0.5) is 0 Å². The number of ether oxygens (including phenoxy) is 2. The van der Waals surface area contributed by atoms with E-state index < -0.39 is 0 Å². The van der Waals surface area contributed by atoms with Crippen molar-refractivity contribution in [2.24, 2.45) is 0 Å². The zero-order valence-corrected chi connectivity index (χ0v) is 14.0. The number of hydrogen-bond acceptors (Lipinski definition) is 5. The average molecular weight is 331 g/mol. The molecule has 1 N–H and O–H groups in total. The molecule has 24 heavy (non-hydrogen) atoms. The normalized spacial score (nSPS) is 10.3. The Morgan fingerprint density at radius 1 is 1.17 bits per heavy atom. The molecule has 0 bridgehead atoms. The van der Waals surface area contributed by atoms with Crippen molar-refractivity contribution in [1.29, 1.82) is 0 Å². The van der Waals surface area contributed by atoms with Crippen LogP contribution >= 0.6 is 0 Å². The molecule has 1 aromatic carbocycles. The number of nitrogens with zero attached hydrogens (tertiary/aromatic N) is 2. The van der Waals surface area contributed by atoms with Crippen LogP contribution in [0.25, 0.3) is 0 Å². The van der Waals surface area contributed by atoms with Crippen LogP contribution in [0.5, 0.6) is 11.5 Å². The van der Waals surface area contributed by atoms with Crippen LogP contribution in [-0.4, -0.2) is 36.5 Å². The molecule has 1 amide bonds. The minimum atomic E-state index is -0.185. The number of rotatable bonds is 7. The fourth-order valence-electron chi connectivity index (χ4n) is 2.25. The van der Waals surface area contributed by atoms with Gasteiger partial charge in [-0.25, -0.2) is 4.68 Å². The highest BCUT2D eigenvalue weighted by Crippen LogP contribution is 2.27. The Hall–Kier alpha value is -2.83. The van der Waals surface area contributed by atoms with Gasteiger partial charge in [0.1, 0.15) is 0 Å². The van der Waals surface area contributed by atoms with Gasteiger partial charge in [0.25, 0.3) is 5.56 Å². The second-order valence-electron chi connectivity index (χ2n) is 5.25. The molecule has 0 saturated carbocycles. The van der Waals surface area contributed by atoms with E-state index in [2.05, 4.69) is 10.4 Å². The minimum absolute atomic E-state index is 0.136. The Kier molecular flexibility index (Phi) is 5.95. The maximum Gasteiger partial charge on any atom is 0.266 e. The van der Waals surface area contributed by atoms with Gasteiger partial charge in [-0.3, -0.25) is 9.59 Å². The number of amides is 1. The van der Waals surface area contributed by atoms with Crippen molar-refractivity contribution in [2.45, 2.75) is 19.9 Å². The number of hydrogen-bond donors (Lipinski definition) is 1. The predicted molar refractivity (Wildman–Crippen MR) is 89.5 cm³/mol. The summed E-state index contributed by atoms with van der Waals surface area (Å²) in [5.41, 5.74) is 1.39. The van der Waals surface area contributed by atoms with Crippen LogP contribution in [0.3, 0.4) is 0 Å². The molecular formula is C17H21N3O4. The highest BCUT2D eigenvalue weighted by molar-refractivity contribution is 5.78. The van der Waals surface area contributed by atoms with Gasteiger partial charge in [0.05, 0.1) is 32.9 Å². The Bertz CT molecular complexity index is 771. The van der Waals surface area contributed by atoms with Crippen LogP contribution in [0, 0.1) is 6.92 Å². The number of aryl methyl sites for hydroxylation is 1. The van der Waals surface area contributed by atoms with E-state index in [1.54, 1.807) is 32.4 Å². The minimum Gasteiger partial charge on any atom is -0.493 e. The van der Waals surface area contributed by atoms with E-state index in [-0.39, 0.29) is 17.9 Å². The molecule has 1 aromatic heterocycles. The lowest BCUT2D eigenvalue weighted by atomic mass is 10.1. The van der Waals surface area contributed by atoms with Crippen molar-refractivity contribution in [1.82, 2.24) is 15.1 Å². The van der Waals surface area contributed by atoms with Gasteiger partial charge < -0.3 is 14.8 Å². The summed E-state index contributed by atoms with van der Waals surface area (Å²) in [7, 11) is 3.11. The SMILES string of the molecule is COc1ccc(CC(=O)NCCn2nc(C)ccc2=O)cc1OC. The van der Waals surface area contributed by atoms with Gasteiger partial charge >= 0.3 is 0 Å². The Morgan fingerprint density at radius 3 is 2.62 bits per heavy atom. The van der Waals surface area contributed by atoms with Crippen molar-refractivity contribution in [3.8, 4) is 11.5 Å². The molecule has 2 aromatic rings. The molecule has 0 unspecified atom stereocenters. The smallest absolute Gasteiger partial charge is 0.266 e. The van der Waals surface area contributed by atoms with Gasteiger partial charge in [-0.15, -0.1) is 0 Å². The van der Waals surface area contributed by atoms with Crippen LogP contribution in [-0.2, 0) is 17.8 Å². The standard InChI is InChI=1S/C17H21N3O4/c1-12-4-7-17(22)20(19-12)9-8-18-16(21)11-13-5-6-14(23-2)15(10-13)24-3/h4-7,10H,8-9,11H2,1-3H3,(H,18,21). The zero-order valence-electron chi connectivity index (χ0n) is 14.0. The third-order valence-corrected chi connectivity index (χ3v) is 3.46. The van der Waals surface area contributed by atoms with E-state index in [4.69, 9.17) is 9.47 Å². The van der Waals surface area contributed by atoms with Gasteiger partial charge in [-0.05, 0) is 30.7 Å². The molecule has 0 spiro atoms. The van der Waals surface area contributed by atoms with Gasteiger partial charge in [-0.2, -0.15) is 5.10 Å². The number of aromatic nitrogens is 2. The number of methoxy groups -OCH3 is 2. The van der Waals surface area contributed by atoms with E-state index in [1.165, 1.54) is 10.7 Å². The lowest BCUT2D eigenvalue weighted by molar-refractivity contribution is -0.120. The Labute approximate surface area is 140 Å². The molecule has 7 nitrogen and oxygen atoms in total. The van der Waals surface area contributed by atoms with E-state index in [1.807, 2.05) is 13.0 Å². The topological polar surface area (TPSA) is 82.5 Å². The van der Waals surface area contributed by atoms with Gasteiger partial charge in [0.15, 0.2) is 11.5 Å². The number of nitrogens with one attached hydrogen (secondary N) is 1. The van der Waals surface area contributed by atoms with E-state index >= 15 is 0 Å². The summed E-state index contributed by atoms with van der Waals surface area (Å²) < 4.78 is 11.7. The molecule has 1 heterocycles. The molecule has 128 valence electrons. The highest BCUT2D eigenvalue weighted by atomic mass is 16.5. The summed E-state index contributed by atoms with van der Waals surface area (Å²) in [5.74, 6) is 1.06. The summed E-state index contributed by atoms with van der Waals surface area (Å²) in [5, 5.41) is 6.90. The molecule has 2 rings (SSSR count). The first-order chi connectivity index (χ1) is 11.5. The van der Waals surface area contributed by atoms with Gasteiger partial charge in [-0.1, -0.05) is 6.07 Å². The van der Waals surface area contributed by atoms with Crippen LogP contribution in [0.2, 0.25) is 0 Å². The molecule has 0 aliphatic heterocycles. The van der Waals surface area contributed by atoms with E-state index in [0.717, 1.165) is 11.3 Å². The van der Waals surface area contributed by atoms with E-state index in [0.29, 0.717) is 24.6 Å². The molecule has 0 fully saturated rings. The quantitative estimate of drug-likeness (QED) is 0.816. The summed E-state index contributed by atoms with van der Waals surface area (Å²) in [6.07, 6.45) is 0.219. The third kappa shape index (κ3) is 4.58. The molecule has 7 heteroatoms. The van der Waals surface area contributed by atoms with Crippen molar-refractivity contribution in [3.63, 3.8) is 0 Å². The van der Waals surface area contributed by atoms with Gasteiger partial charge in [0, 0.05) is 12.6 Å². The number of carbonyl (C=O) groups is 1. The highest BCUT2D eigenvalue weighted by Gasteiger charge is 2.08. The van der Waals surface area contributed by atoms with E-state index in [9.17, 15) is 9.59 Å². The molecule has 0 radical (unpaired) electrons. The Morgan fingerprint density at radius 2 is 1.92 bits per heavy atom. The maximum absolute atomic E-state index is 12.0. The predicted octanol–water partition coefficient (Wildman–Crippen LogP) is 0.928. The average Bonchev–Trinajstić information content (AvgIpc) is 2.57. The fraction of sp³-hybridized carbons (Fsp3) is 0.353. The molecular weight excluding hydrogens is 310 g/mol. The number of benzene rings is 1. The molecule has 0 aliphatic rings. The van der Waals surface area contributed by atoms with Crippen LogP contribution in [0.1, 0.15) is 11.3 Å². The summed E-state index contributed by atoms with van der Waals surface area (Å²) in [4.78, 5) is 23.6. The Balaban J connectivity index is 1.89. The molecule has 0 atom stereocenters. The monoisotopic (exact) mass is 331 g/mol. The second kappa shape index (κ2) is 8.14. The lowest BCUT2D eigenvalue weighted by Gasteiger charge is -2.10. The van der Waals surface area contributed by atoms with Crippen molar-refractivity contribution >= 4 is 5.91 Å². The van der Waals surface area contributed by atoms with Gasteiger partial charge in [0.2, 0.25) is 5.91 Å². The first kappa shape index (κ1) is 17.5. The second-order valence-corrected chi connectivity index (χ2v) is 5.25. The first-order valence-corrected chi connectivity index (χ1v) is 7.56. The summed E-state index contributed by atoms with van der Waals surface area (Å²) >= 11 is 0. The zero-order chi connectivity index (χ0) is 17.5. The molecule has 0 saturated heterocycles. The van der Waals surface area contributed by atoms with Crippen LogP contribution in [0.15, 0.2) is 35.1 Å². The first-order valence-electron chi connectivity index (χ1n) is 7.56. The largest absolute Gasteiger partial charge is 0.493 e. The maximum atomic E-state index is 12.0. The van der Waals surface area contributed by atoms with Crippen LogP contribution < -0.4 is 20.3 Å². The van der Waals surface area contributed by atoms with Crippen molar-refractivity contribution in [3.05, 3.63) is 51.9 Å². The van der Waals surface area contributed by atoms with Crippen molar-refractivity contribution < 1.29 is 14.3 Å². The number of carbonyl (C=O) groups excluding carboxylic acids is 1. The molecule has 0 aliphatic carbocycles.